The van der Waals surface area contributed by atoms with Gasteiger partial charge >= 0.3 is 5.97 Å². The smallest absolute Gasteiger partial charge is 0.340 e. The molecule has 9 heteroatoms. The molecule has 32 heavy (non-hydrogen) atoms. The Balaban J connectivity index is 1.99. The Bertz CT molecular complexity index is 1310. The average molecular weight is 439 g/mol. The Morgan fingerprint density at radius 2 is 1.97 bits per heavy atom. The molecule has 0 saturated heterocycles. The number of fused-ring (bicyclic) bond motifs is 4. The van der Waals surface area contributed by atoms with Gasteiger partial charge in [-0.25, -0.2) is 9.78 Å². The van der Waals surface area contributed by atoms with Crippen molar-refractivity contribution < 1.29 is 25.2 Å². The molecular weight excluding hydrogens is 414 g/mol. The van der Waals surface area contributed by atoms with Crippen molar-refractivity contribution in [3.05, 3.63) is 56.9 Å². The number of benzene rings is 1. The number of hydrogen-bond donors (Lipinski definition) is 4. The number of pyridine rings is 2. The molecule has 1 atom stereocenters. The number of aliphatic hydroxyl groups excluding tert-OH is 1. The summed E-state index contributed by atoms with van der Waals surface area (Å²) in [7, 11) is 3.79. The van der Waals surface area contributed by atoms with Gasteiger partial charge in [-0.2, -0.15) is 0 Å². The summed E-state index contributed by atoms with van der Waals surface area (Å²) in [4.78, 5) is 31.6. The molecule has 4 N–H and O–H groups in total. The molecule has 2 aromatic heterocycles. The normalized spacial score (nSPS) is 14.4. The van der Waals surface area contributed by atoms with E-state index in [9.17, 15) is 30.0 Å². The lowest BCUT2D eigenvalue weighted by molar-refractivity contribution is -0.160. The van der Waals surface area contributed by atoms with Crippen LogP contribution in [0, 0.1) is 0 Å². The minimum absolute atomic E-state index is 0.125. The molecule has 168 valence electrons. The third-order valence-corrected chi connectivity index (χ3v) is 6.08. The number of nitrogens with zero attached hydrogens (tertiary/aromatic N) is 3. The number of aliphatic carboxylic acids is 1. The summed E-state index contributed by atoms with van der Waals surface area (Å²) in [5, 5.41) is 41.4. The van der Waals surface area contributed by atoms with Gasteiger partial charge in [-0.15, -0.1) is 0 Å². The van der Waals surface area contributed by atoms with E-state index in [2.05, 4.69) is 0 Å². The van der Waals surface area contributed by atoms with Crippen LogP contribution < -0.4 is 5.56 Å². The molecule has 1 aliphatic rings. The maximum absolute atomic E-state index is 13.2. The predicted molar refractivity (Wildman–Crippen MR) is 117 cm³/mol. The molecule has 0 radical (unpaired) electrons. The van der Waals surface area contributed by atoms with Crippen molar-refractivity contribution in [1.29, 1.82) is 0 Å². The predicted octanol–water partition coefficient (Wildman–Crippen LogP) is 1.37. The van der Waals surface area contributed by atoms with E-state index in [1.165, 1.54) is 17.6 Å². The molecule has 0 aliphatic carbocycles. The van der Waals surface area contributed by atoms with Crippen LogP contribution in [0.1, 0.15) is 35.6 Å². The van der Waals surface area contributed by atoms with Gasteiger partial charge in [-0.1, -0.05) is 6.92 Å². The molecule has 0 fully saturated rings. The summed E-state index contributed by atoms with van der Waals surface area (Å²) in [6, 6.07) is 6.58. The first-order valence-corrected chi connectivity index (χ1v) is 10.3. The van der Waals surface area contributed by atoms with Gasteiger partial charge in [0.05, 0.1) is 30.1 Å². The summed E-state index contributed by atoms with van der Waals surface area (Å²) < 4.78 is 1.43. The van der Waals surface area contributed by atoms with Crippen LogP contribution in [0.15, 0.2) is 29.1 Å². The Labute approximate surface area is 183 Å². The van der Waals surface area contributed by atoms with Crippen molar-refractivity contribution >= 4 is 16.9 Å². The van der Waals surface area contributed by atoms with Crippen molar-refractivity contribution in [2.24, 2.45) is 0 Å². The molecular formula is C23H25N3O6. The fourth-order valence-electron chi connectivity index (χ4n) is 4.35. The summed E-state index contributed by atoms with van der Waals surface area (Å²) in [5.74, 6) is -1.34. The van der Waals surface area contributed by atoms with E-state index in [0.29, 0.717) is 29.0 Å². The number of rotatable bonds is 6. The number of phenolic OH excluding ortho intramolecular Hbond substituents is 1. The van der Waals surface area contributed by atoms with Gasteiger partial charge in [0, 0.05) is 34.2 Å². The van der Waals surface area contributed by atoms with Crippen molar-refractivity contribution in [2.75, 3.05) is 14.1 Å². The summed E-state index contributed by atoms with van der Waals surface area (Å²) in [5.41, 5.74) is -0.186. The van der Waals surface area contributed by atoms with E-state index in [4.69, 9.17) is 4.98 Å². The van der Waals surface area contributed by atoms with Gasteiger partial charge in [-0.3, -0.25) is 4.79 Å². The maximum Gasteiger partial charge on any atom is 0.340 e. The number of phenols is 1. The fraction of sp³-hybridized carbons (Fsp3) is 0.348. The zero-order chi connectivity index (χ0) is 23.4. The maximum atomic E-state index is 13.2. The quantitative estimate of drug-likeness (QED) is 0.354. The molecule has 0 saturated carbocycles. The van der Waals surface area contributed by atoms with Crippen LogP contribution in [0.3, 0.4) is 0 Å². The first-order chi connectivity index (χ1) is 15.1. The van der Waals surface area contributed by atoms with Crippen LogP contribution >= 0.6 is 0 Å². The largest absolute Gasteiger partial charge is 0.508 e. The summed E-state index contributed by atoms with van der Waals surface area (Å²) in [6.45, 7) is 1.49. The molecule has 3 aromatic rings. The van der Waals surface area contributed by atoms with E-state index in [1.807, 2.05) is 25.1 Å². The van der Waals surface area contributed by atoms with Crippen LogP contribution in [-0.4, -0.2) is 54.9 Å². The van der Waals surface area contributed by atoms with Crippen molar-refractivity contribution in [1.82, 2.24) is 14.5 Å². The highest BCUT2D eigenvalue weighted by molar-refractivity contribution is 5.89. The number of aromatic nitrogens is 2. The standard InChI is InChI=1S/C23H25N3O6/c1-4-23(32,22(30)31)16-8-18-20-12(9-26(18)21(29)15(16)11-27)7-13-14(10-25(2)3)19(28)6-5-17(13)24-20/h5-8,27-28,32H,4,9-11H2,1-3H3,(H,30,31)/t23-/m1/s1. The van der Waals surface area contributed by atoms with Crippen LogP contribution in [0.4, 0.5) is 0 Å². The number of carbonyl (C=O) groups is 1. The van der Waals surface area contributed by atoms with Crippen LogP contribution in [-0.2, 0) is 30.1 Å². The molecule has 0 amide bonds. The van der Waals surface area contributed by atoms with Crippen LogP contribution in [0.5, 0.6) is 5.75 Å². The topological polar surface area (TPSA) is 136 Å². The zero-order valence-electron chi connectivity index (χ0n) is 18.1. The first-order valence-electron chi connectivity index (χ1n) is 10.3. The number of hydrogen-bond acceptors (Lipinski definition) is 7. The first kappa shape index (κ1) is 21.9. The summed E-state index contributed by atoms with van der Waals surface area (Å²) in [6.07, 6.45) is -0.177. The number of carboxylic acid groups (broad SMARTS) is 1. The van der Waals surface area contributed by atoms with Crippen molar-refractivity contribution in [3.8, 4) is 17.1 Å². The molecule has 9 nitrogen and oxygen atoms in total. The molecule has 1 aromatic carbocycles. The highest BCUT2D eigenvalue weighted by Gasteiger charge is 2.40. The number of aromatic hydroxyl groups is 1. The average Bonchev–Trinajstić information content (AvgIpc) is 3.11. The molecule has 0 unspecified atom stereocenters. The Morgan fingerprint density at radius 1 is 1.25 bits per heavy atom. The van der Waals surface area contributed by atoms with E-state index in [1.54, 1.807) is 12.1 Å². The molecule has 3 heterocycles. The van der Waals surface area contributed by atoms with Gasteiger partial charge in [-0.05, 0) is 44.8 Å². The van der Waals surface area contributed by atoms with E-state index in [0.717, 1.165) is 10.9 Å². The van der Waals surface area contributed by atoms with Crippen LogP contribution in [0.2, 0.25) is 0 Å². The third-order valence-electron chi connectivity index (χ3n) is 6.08. The Morgan fingerprint density at radius 3 is 2.56 bits per heavy atom. The van der Waals surface area contributed by atoms with E-state index in [-0.39, 0.29) is 29.8 Å². The SMILES string of the molecule is CC[C@](O)(C(=O)O)c1cc2n(c(=O)c1CO)Cc1cc3c(CN(C)C)c(O)ccc3nc1-2. The monoisotopic (exact) mass is 439 g/mol. The molecule has 1 aliphatic heterocycles. The van der Waals surface area contributed by atoms with Crippen molar-refractivity contribution in [2.45, 2.75) is 38.6 Å². The lowest BCUT2D eigenvalue weighted by Gasteiger charge is -2.25. The highest BCUT2D eigenvalue weighted by atomic mass is 16.4. The zero-order valence-corrected chi connectivity index (χ0v) is 18.1. The summed E-state index contributed by atoms with van der Waals surface area (Å²) >= 11 is 0. The Kier molecular flexibility index (Phi) is 5.28. The van der Waals surface area contributed by atoms with Gasteiger partial charge in [0.2, 0.25) is 0 Å². The third kappa shape index (κ3) is 3.17. The second kappa shape index (κ2) is 7.70. The van der Waals surface area contributed by atoms with Crippen molar-refractivity contribution in [3.63, 3.8) is 0 Å². The van der Waals surface area contributed by atoms with Gasteiger partial charge in [0.25, 0.3) is 5.56 Å². The van der Waals surface area contributed by atoms with Gasteiger partial charge < -0.3 is 29.9 Å². The second-order valence-electron chi connectivity index (χ2n) is 8.35. The minimum Gasteiger partial charge on any atom is -0.508 e. The lowest BCUT2D eigenvalue weighted by Crippen LogP contribution is -2.39. The lowest BCUT2D eigenvalue weighted by atomic mass is 9.87. The highest BCUT2D eigenvalue weighted by Crippen LogP contribution is 2.38. The van der Waals surface area contributed by atoms with Crippen LogP contribution in [0.25, 0.3) is 22.3 Å². The second-order valence-corrected chi connectivity index (χ2v) is 8.35. The molecule has 4 rings (SSSR count). The van der Waals surface area contributed by atoms with E-state index >= 15 is 0 Å². The minimum atomic E-state index is -2.31. The van der Waals surface area contributed by atoms with Gasteiger partial charge in [0.15, 0.2) is 5.60 Å². The number of aliphatic hydroxyl groups is 2. The molecule has 0 bridgehead atoms. The fourth-order valence-corrected chi connectivity index (χ4v) is 4.35. The van der Waals surface area contributed by atoms with E-state index < -0.39 is 23.7 Å². The number of carboxylic acids is 1. The van der Waals surface area contributed by atoms with Gasteiger partial charge in [0.1, 0.15) is 5.75 Å². The molecule has 0 spiro atoms. The Hall–Kier alpha value is -3.27.